The van der Waals surface area contributed by atoms with Gasteiger partial charge in [0.15, 0.2) is 0 Å². The van der Waals surface area contributed by atoms with Crippen LogP contribution in [0.3, 0.4) is 0 Å². The number of halogens is 2. The quantitative estimate of drug-likeness (QED) is 0.867. The third kappa shape index (κ3) is 4.26. The molecule has 1 rings (SSSR count). The van der Waals surface area contributed by atoms with Gasteiger partial charge < -0.3 is 10.2 Å². The Kier molecular flexibility index (Phi) is 6.68. The Morgan fingerprint density at radius 2 is 2.06 bits per heavy atom. The number of carbonyl (C=O) groups is 1. The van der Waals surface area contributed by atoms with Crippen molar-refractivity contribution in [2.75, 3.05) is 26.2 Å². The molecular formula is C13H18BrClN2O. The summed E-state index contributed by atoms with van der Waals surface area (Å²) in [6.07, 6.45) is 0. The molecule has 0 atom stereocenters. The highest BCUT2D eigenvalue weighted by molar-refractivity contribution is 9.10. The van der Waals surface area contributed by atoms with Gasteiger partial charge in [-0.15, -0.1) is 0 Å². The van der Waals surface area contributed by atoms with Crippen LogP contribution < -0.4 is 5.32 Å². The van der Waals surface area contributed by atoms with Crippen LogP contribution >= 0.6 is 27.5 Å². The molecule has 1 amide bonds. The molecule has 0 spiro atoms. The first-order chi connectivity index (χ1) is 8.60. The van der Waals surface area contributed by atoms with E-state index in [-0.39, 0.29) is 5.91 Å². The van der Waals surface area contributed by atoms with E-state index in [2.05, 4.69) is 40.0 Å². The van der Waals surface area contributed by atoms with Crippen LogP contribution in [0.2, 0.25) is 5.02 Å². The first-order valence-corrected chi connectivity index (χ1v) is 7.21. The van der Waals surface area contributed by atoms with Crippen molar-refractivity contribution >= 4 is 33.4 Å². The number of nitrogens with zero attached hydrogens (tertiary/aromatic N) is 1. The van der Waals surface area contributed by atoms with Crippen molar-refractivity contribution in [3.8, 4) is 0 Å². The molecule has 3 nitrogen and oxygen atoms in total. The predicted molar refractivity (Wildman–Crippen MR) is 79.3 cm³/mol. The van der Waals surface area contributed by atoms with E-state index in [0.29, 0.717) is 17.1 Å². The molecule has 0 aliphatic heterocycles. The molecule has 0 saturated heterocycles. The van der Waals surface area contributed by atoms with Crippen molar-refractivity contribution in [1.82, 2.24) is 10.2 Å². The van der Waals surface area contributed by atoms with Crippen molar-refractivity contribution < 1.29 is 4.79 Å². The van der Waals surface area contributed by atoms with Gasteiger partial charge in [-0.25, -0.2) is 0 Å². The average Bonchev–Trinajstić information content (AvgIpc) is 2.37. The number of amides is 1. The second-order valence-electron chi connectivity index (χ2n) is 3.88. The van der Waals surface area contributed by atoms with Crippen LogP contribution in [0.25, 0.3) is 0 Å². The molecule has 1 N–H and O–H groups in total. The molecule has 5 heteroatoms. The zero-order valence-electron chi connectivity index (χ0n) is 10.7. The van der Waals surface area contributed by atoms with E-state index in [1.54, 1.807) is 12.1 Å². The highest BCUT2D eigenvalue weighted by Gasteiger charge is 2.11. The van der Waals surface area contributed by atoms with E-state index in [1.165, 1.54) is 0 Å². The summed E-state index contributed by atoms with van der Waals surface area (Å²) < 4.78 is 0.737. The van der Waals surface area contributed by atoms with E-state index >= 15 is 0 Å². The van der Waals surface area contributed by atoms with Crippen molar-refractivity contribution in [3.05, 3.63) is 33.3 Å². The molecule has 100 valence electrons. The predicted octanol–water partition coefficient (Wildman–Crippen LogP) is 3.17. The van der Waals surface area contributed by atoms with Gasteiger partial charge in [-0.05, 0) is 41.2 Å². The fraction of sp³-hybridized carbons (Fsp3) is 0.462. The monoisotopic (exact) mass is 332 g/mol. The summed E-state index contributed by atoms with van der Waals surface area (Å²) in [5, 5.41) is 3.34. The van der Waals surface area contributed by atoms with Gasteiger partial charge in [-0.3, -0.25) is 4.79 Å². The normalized spacial score (nSPS) is 10.7. The van der Waals surface area contributed by atoms with Gasteiger partial charge in [-0.2, -0.15) is 0 Å². The number of nitrogens with one attached hydrogen (secondary N) is 1. The summed E-state index contributed by atoms with van der Waals surface area (Å²) in [6, 6.07) is 5.34. The molecule has 0 bridgehead atoms. The number of benzene rings is 1. The summed E-state index contributed by atoms with van der Waals surface area (Å²) in [5.41, 5.74) is 0.505. The lowest BCUT2D eigenvalue weighted by Crippen LogP contribution is -2.34. The Labute approximate surface area is 122 Å². The maximum absolute atomic E-state index is 11.9. The Hall–Kier alpha value is -0.580. The molecule has 0 aromatic heterocycles. The number of hydrogen-bond donors (Lipinski definition) is 1. The van der Waals surface area contributed by atoms with Gasteiger partial charge in [0.2, 0.25) is 0 Å². The Morgan fingerprint density at radius 1 is 1.39 bits per heavy atom. The standard InChI is InChI=1S/C13H18BrClN2O/c1-3-17(4-2)9-8-16-13(18)10-6-5-7-11(14)12(10)15/h5-7H,3-4,8-9H2,1-2H3,(H,16,18). The number of hydrogen-bond acceptors (Lipinski definition) is 2. The topological polar surface area (TPSA) is 32.3 Å². The lowest BCUT2D eigenvalue weighted by atomic mass is 10.2. The van der Waals surface area contributed by atoms with Gasteiger partial charge in [0.1, 0.15) is 0 Å². The van der Waals surface area contributed by atoms with E-state index in [9.17, 15) is 4.79 Å². The minimum absolute atomic E-state index is 0.131. The minimum Gasteiger partial charge on any atom is -0.351 e. The number of carbonyl (C=O) groups excluding carboxylic acids is 1. The van der Waals surface area contributed by atoms with E-state index < -0.39 is 0 Å². The molecule has 0 unspecified atom stereocenters. The van der Waals surface area contributed by atoms with Crippen molar-refractivity contribution in [3.63, 3.8) is 0 Å². The number of likely N-dealkylation sites (N-methyl/N-ethyl adjacent to an activating group) is 1. The van der Waals surface area contributed by atoms with E-state index in [1.807, 2.05) is 6.07 Å². The first kappa shape index (κ1) is 15.5. The third-order valence-electron chi connectivity index (χ3n) is 2.80. The van der Waals surface area contributed by atoms with Gasteiger partial charge in [0.25, 0.3) is 5.91 Å². The lowest BCUT2D eigenvalue weighted by molar-refractivity contribution is 0.0949. The maximum atomic E-state index is 11.9. The fourth-order valence-corrected chi connectivity index (χ4v) is 2.22. The summed E-state index contributed by atoms with van der Waals surface area (Å²) in [6.45, 7) is 7.68. The molecule has 0 fully saturated rings. The second-order valence-corrected chi connectivity index (χ2v) is 5.12. The molecule has 1 aromatic rings. The molecule has 0 heterocycles. The third-order valence-corrected chi connectivity index (χ3v) is 4.10. The fourth-order valence-electron chi connectivity index (χ4n) is 1.64. The highest BCUT2D eigenvalue weighted by atomic mass is 79.9. The Balaban J connectivity index is 2.53. The van der Waals surface area contributed by atoms with Crippen molar-refractivity contribution in [1.29, 1.82) is 0 Å². The van der Waals surface area contributed by atoms with Crippen LogP contribution in [0.4, 0.5) is 0 Å². The van der Waals surface area contributed by atoms with Gasteiger partial charge in [0, 0.05) is 17.6 Å². The second kappa shape index (κ2) is 7.77. The Morgan fingerprint density at radius 3 is 2.67 bits per heavy atom. The number of rotatable bonds is 6. The molecule has 0 saturated carbocycles. The molecule has 1 aromatic carbocycles. The maximum Gasteiger partial charge on any atom is 0.252 e. The largest absolute Gasteiger partial charge is 0.351 e. The van der Waals surface area contributed by atoms with E-state index in [0.717, 1.165) is 24.1 Å². The minimum atomic E-state index is -0.131. The van der Waals surface area contributed by atoms with E-state index in [4.69, 9.17) is 11.6 Å². The zero-order chi connectivity index (χ0) is 13.5. The van der Waals surface area contributed by atoms with Crippen LogP contribution in [0, 0.1) is 0 Å². The smallest absolute Gasteiger partial charge is 0.252 e. The van der Waals surface area contributed by atoms with Crippen LogP contribution in [-0.4, -0.2) is 37.0 Å². The van der Waals surface area contributed by atoms with Gasteiger partial charge in [0.05, 0.1) is 10.6 Å². The molecular weight excluding hydrogens is 316 g/mol. The first-order valence-electron chi connectivity index (χ1n) is 6.04. The molecule has 0 aliphatic carbocycles. The van der Waals surface area contributed by atoms with Gasteiger partial charge >= 0.3 is 0 Å². The van der Waals surface area contributed by atoms with Crippen molar-refractivity contribution in [2.24, 2.45) is 0 Å². The van der Waals surface area contributed by atoms with Crippen molar-refractivity contribution in [2.45, 2.75) is 13.8 Å². The van der Waals surface area contributed by atoms with Crippen LogP contribution in [0.5, 0.6) is 0 Å². The SMILES string of the molecule is CCN(CC)CCNC(=O)c1cccc(Br)c1Cl. The van der Waals surface area contributed by atoms with Crippen LogP contribution in [0.15, 0.2) is 22.7 Å². The lowest BCUT2D eigenvalue weighted by Gasteiger charge is -2.18. The molecule has 18 heavy (non-hydrogen) atoms. The summed E-state index contributed by atoms with van der Waals surface area (Å²) in [5.74, 6) is -0.131. The van der Waals surface area contributed by atoms with Crippen LogP contribution in [-0.2, 0) is 0 Å². The summed E-state index contributed by atoms with van der Waals surface area (Å²) in [4.78, 5) is 14.2. The zero-order valence-corrected chi connectivity index (χ0v) is 13.0. The Bertz CT molecular complexity index is 408. The molecule has 0 aliphatic rings. The summed E-state index contributed by atoms with van der Waals surface area (Å²) >= 11 is 9.37. The summed E-state index contributed by atoms with van der Waals surface area (Å²) in [7, 11) is 0. The van der Waals surface area contributed by atoms with Crippen LogP contribution in [0.1, 0.15) is 24.2 Å². The highest BCUT2D eigenvalue weighted by Crippen LogP contribution is 2.25. The average molecular weight is 334 g/mol. The van der Waals surface area contributed by atoms with Gasteiger partial charge in [-0.1, -0.05) is 31.5 Å². The molecule has 0 radical (unpaired) electrons.